The summed E-state index contributed by atoms with van der Waals surface area (Å²) < 4.78 is 5.49. The third-order valence-corrected chi connectivity index (χ3v) is 16.7. The molecule has 448 valence electrons. The van der Waals surface area contributed by atoms with Crippen LogP contribution in [-0.4, -0.2) is 47.4 Å². The molecule has 0 aromatic carbocycles. The summed E-state index contributed by atoms with van der Waals surface area (Å²) in [5.74, 6) is -0.0188. The number of ether oxygens (including phenoxy) is 1. The molecule has 0 fully saturated rings. The molecule has 0 aliphatic carbocycles. The Hall–Kier alpha value is -1.14. The van der Waals surface area contributed by atoms with E-state index in [1.165, 1.54) is 334 Å². The summed E-state index contributed by atoms with van der Waals surface area (Å²) in [7, 11) is 0. The highest BCUT2D eigenvalue weighted by atomic mass is 16.5. The van der Waals surface area contributed by atoms with E-state index >= 15 is 0 Å². The van der Waals surface area contributed by atoms with Crippen molar-refractivity contribution < 1.29 is 24.5 Å². The summed E-state index contributed by atoms with van der Waals surface area (Å²) >= 11 is 0. The first-order valence-electron chi connectivity index (χ1n) is 34.8. The van der Waals surface area contributed by atoms with Crippen LogP contribution in [-0.2, 0) is 14.3 Å². The number of nitrogens with one attached hydrogen (secondary N) is 1. The molecular weight excluding hydrogens is 923 g/mol. The van der Waals surface area contributed by atoms with Gasteiger partial charge < -0.3 is 20.3 Å². The van der Waals surface area contributed by atoms with Crippen molar-refractivity contribution in [3.05, 3.63) is 0 Å². The van der Waals surface area contributed by atoms with E-state index in [4.69, 9.17) is 4.74 Å². The second-order valence-electron chi connectivity index (χ2n) is 24.2. The third kappa shape index (κ3) is 61.9. The van der Waals surface area contributed by atoms with E-state index in [0.29, 0.717) is 25.9 Å². The average molecular weight is 1060 g/mol. The first kappa shape index (κ1) is 73.9. The van der Waals surface area contributed by atoms with Crippen molar-refractivity contribution in [3.63, 3.8) is 0 Å². The molecule has 0 aliphatic rings. The largest absolute Gasteiger partial charge is 0.466 e. The summed E-state index contributed by atoms with van der Waals surface area (Å²) in [4.78, 5) is 24.6. The first-order valence-corrected chi connectivity index (χ1v) is 34.8. The Kier molecular flexibility index (Phi) is 64.4. The molecule has 1 amide bonds. The second-order valence-corrected chi connectivity index (χ2v) is 24.2. The van der Waals surface area contributed by atoms with Gasteiger partial charge >= 0.3 is 5.97 Å². The van der Waals surface area contributed by atoms with Gasteiger partial charge in [-0.05, 0) is 25.7 Å². The topological polar surface area (TPSA) is 95.9 Å². The second kappa shape index (κ2) is 65.4. The van der Waals surface area contributed by atoms with Crippen LogP contribution >= 0.6 is 0 Å². The van der Waals surface area contributed by atoms with Crippen LogP contribution in [0, 0.1) is 0 Å². The molecule has 0 saturated carbocycles. The van der Waals surface area contributed by atoms with Crippen molar-refractivity contribution >= 4 is 11.9 Å². The number of carbonyl (C=O) groups excluding carboxylic acids is 2. The Balaban J connectivity index is 3.38. The van der Waals surface area contributed by atoms with E-state index < -0.39 is 12.1 Å². The lowest BCUT2D eigenvalue weighted by Gasteiger charge is -2.22. The Bertz CT molecular complexity index is 1080. The molecule has 6 heteroatoms. The van der Waals surface area contributed by atoms with Gasteiger partial charge in [0.05, 0.1) is 25.4 Å². The van der Waals surface area contributed by atoms with Crippen molar-refractivity contribution in [3.8, 4) is 0 Å². The van der Waals surface area contributed by atoms with Crippen LogP contribution in [0.3, 0.4) is 0 Å². The van der Waals surface area contributed by atoms with Gasteiger partial charge in [-0.15, -0.1) is 0 Å². The SMILES string of the molecule is CCCCCCCCCCCCCCCCCCCCCCCCCCCC(O)C(CO)NC(=O)CCCCCCCCCCCCCCCCCCCCCOC(=O)CCCCCCCCCCCCCCCC. The van der Waals surface area contributed by atoms with Crippen LogP contribution in [0.4, 0.5) is 0 Å². The first-order chi connectivity index (χ1) is 37.0. The summed E-state index contributed by atoms with van der Waals surface area (Å²) in [5, 5.41) is 23.4. The van der Waals surface area contributed by atoms with E-state index in [9.17, 15) is 19.8 Å². The highest BCUT2D eigenvalue weighted by Crippen LogP contribution is 2.19. The molecule has 75 heavy (non-hydrogen) atoms. The summed E-state index contributed by atoms with van der Waals surface area (Å²) in [6, 6.07) is -0.544. The number of aliphatic hydroxyl groups excluding tert-OH is 2. The normalized spacial score (nSPS) is 12.4. The van der Waals surface area contributed by atoms with Gasteiger partial charge in [0.15, 0.2) is 0 Å². The van der Waals surface area contributed by atoms with Crippen LogP contribution < -0.4 is 5.32 Å². The molecule has 6 nitrogen and oxygen atoms in total. The number of rotatable bonds is 66. The molecule has 2 unspecified atom stereocenters. The Labute approximate surface area is 470 Å². The average Bonchev–Trinajstić information content (AvgIpc) is 3.41. The minimum absolute atomic E-state index is 0.0131. The molecule has 3 N–H and O–H groups in total. The zero-order valence-electron chi connectivity index (χ0n) is 51.3. The minimum Gasteiger partial charge on any atom is -0.466 e. The monoisotopic (exact) mass is 1060 g/mol. The zero-order valence-corrected chi connectivity index (χ0v) is 51.3. The molecular formula is C69H137NO5. The standard InChI is InChI=1S/C69H137NO5/c1-3-5-7-9-11-13-15-17-19-20-21-22-23-24-25-26-28-31-34-37-41-45-49-53-57-61-67(72)66(65-71)70-68(73)62-58-54-50-46-42-38-35-32-29-27-30-33-36-40-44-48-52-56-60-64-75-69(74)63-59-55-51-47-43-39-18-16-14-12-10-8-6-4-2/h66-67,71-72H,3-65H2,1-2H3,(H,70,73). The van der Waals surface area contributed by atoms with E-state index in [1.54, 1.807) is 0 Å². The number of unbranched alkanes of at least 4 members (excludes halogenated alkanes) is 55. The van der Waals surface area contributed by atoms with Crippen molar-refractivity contribution in [1.29, 1.82) is 0 Å². The number of hydrogen-bond acceptors (Lipinski definition) is 5. The molecule has 0 rings (SSSR count). The lowest BCUT2D eigenvalue weighted by Crippen LogP contribution is -2.45. The number of amides is 1. The van der Waals surface area contributed by atoms with Crippen molar-refractivity contribution in [2.45, 2.75) is 418 Å². The van der Waals surface area contributed by atoms with Crippen molar-refractivity contribution in [2.24, 2.45) is 0 Å². The lowest BCUT2D eigenvalue weighted by atomic mass is 10.0. The van der Waals surface area contributed by atoms with Gasteiger partial charge in [0.2, 0.25) is 5.91 Å². The number of aliphatic hydroxyl groups is 2. The molecule has 0 aliphatic heterocycles. The Morgan fingerprint density at radius 2 is 0.547 bits per heavy atom. The van der Waals surface area contributed by atoms with Gasteiger partial charge in [-0.1, -0.05) is 367 Å². The number of esters is 1. The number of hydrogen-bond donors (Lipinski definition) is 3. The molecule has 0 bridgehead atoms. The van der Waals surface area contributed by atoms with Crippen molar-refractivity contribution in [1.82, 2.24) is 5.32 Å². The van der Waals surface area contributed by atoms with Gasteiger partial charge in [-0.3, -0.25) is 9.59 Å². The maximum atomic E-state index is 12.6. The highest BCUT2D eigenvalue weighted by molar-refractivity contribution is 5.76. The van der Waals surface area contributed by atoms with Crippen LogP contribution in [0.15, 0.2) is 0 Å². The summed E-state index contributed by atoms with van der Waals surface area (Å²) in [6.07, 6.45) is 78.5. The molecule has 0 aromatic rings. The molecule has 0 heterocycles. The van der Waals surface area contributed by atoms with Crippen LogP contribution in [0.5, 0.6) is 0 Å². The van der Waals surface area contributed by atoms with Gasteiger partial charge in [-0.2, -0.15) is 0 Å². The maximum absolute atomic E-state index is 12.6. The van der Waals surface area contributed by atoms with Gasteiger partial charge in [-0.25, -0.2) is 0 Å². The number of carbonyl (C=O) groups is 2. The van der Waals surface area contributed by atoms with Gasteiger partial charge in [0.25, 0.3) is 0 Å². The fourth-order valence-corrected chi connectivity index (χ4v) is 11.4. The Morgan fingerprint density at radius 1 is 0.320 bits per heavy atom. The summed E-state index contributed by atoms with van der Waals surface area (Å²) in [6.45, 7) is 5.00. The molecule has 0 aromatic heterocycles. The van der Waals surface area contributed by atoms with E-state index in [0.717, 1.165) is 38.5 Å². The minimum atomic E-state index is -0.667. The fraction of sp³-hybridized carbons (Fsp3) is 0.971. The fourth-order valence-electron chi connectivity index (χ4n) is 11.4. The van der Waals surface area contributed by atoms with E-state index in [1.807, 2.05) is 0 Å². The van der Waals surface area contributed by atoms with E-state index in [2.05, 4.69) is 19.2 Å². The third-order valence-electron chi connectivity index (χ3n) is 16.7. The van der Waals surface area contributed by atoms with E-state index in [-0.39, 0.29) is 18.5 Å². The quantitative estimate of drug-likeness (QED) is 0.0417. The molecule has 0 saturated heterocycles. The molecule has 0 spiro atoms. The zero-order chi connectivity index (χ0) is 54.3. The van der Waals surface area contributed by atoms with Gasteiger partial charge in [0, 0.05) is 12.8 Å². The predicted molar refractivity (Wildman–Crippen MR) is 329 cm³/mol. The Morgan fingerprint density at radius 3 is 0.813 bits per heavy atom. The van der Waals surface area contributed by atoms with Crippen LogP contribution in [0.2, 0.25) is 0 Å². The molecule has 2 atom stereocenters. The lowest BCUT2D eigenvalue weighted by molar-refractivity contribution is -0.143. The smallest absolute Gasteiger partial charge is 0.305 e. The highest BCUT2D eigenvalue weighted by Gasteiger charge is 2.20. The predicted octanol–water partition coefficient (Wildman–Crippen LogP) is 22.2. The molecule has 0 radical (unpaired) electrons. The van der Waals surface area contributed by atoms with Gasteiger partial charge in [0.1, 0.15) is 0 Å². The maximum Gasteiger partial charge on any atom is 0.305 e. The summed E-state index contributed by atoms with van der Waals surface area (Å²) in [5.41, 5.74) is 0. The van der Waals surface area contributed by atoms with Crippen LogP contribution in [0.25, 0.3) is 0 Å². The van der Waals surface area contributed by atoms with Crippen LogP contribution in [0.1, 0.15) is 406 Å². The van der Waals surface area contributed by atoms with Crippen molar-refractivity contribution in [2.75, 3.05) is 13.2 Å².